The summed E-state index contributed by atoms with van der Waals surface area (Å²) in [5.74, 6) is 0.00404. The monoisotopic (exact) mass is 432 g/mol. The van der Waals surface area contributed by atoms with E-state index in [1.165, 1.54) is 7.11 Å². The van der Waals surface area contributed by atoms with Gasteiger partial charge in [-0.3, -0.25) is 14.4 Å². The van der Waals surface area contributed by atoms with Gasteiger partial charge < -0.3 is 24.8 Å². The van der Waals surface area contributed by atoms with Gasteiger partial charge in [0.05, 0.1) is 25.0 Å². The van der Waals surface area contributed by atoms with Gasteiger partial charge in [0.15, 0.2) is 11.5 Å². The molecule has 2 N–H and O–H groups in total. The van der Waals surface area contributed by atoms with Crippen molar-refractivity contribution in [3.8, 4) is 11.5 Å². The molecule has 0 fully saturated rings. The Kier molecular flexibility index (Phi) is 7.13. The first-order chi connectivity index (χ1) is 14.4. The number of rotatable bonds is 7. The largest absolute Gasteiger partial charge is 0.486 e. The summed E-state index contributed by atoms with van der Waals surface area (Å²) in [6, 6.07) is 10.3. The van der Waals surface area contributed by atoms with Gasteiger partial charge in [0, 0.05) is 5.69 Å². The molecule has 0 aliphatic carbocycles. The second-order valence-corrected chi connectivity index (χ2v) is 6.96. The smallest absolute Gasteiger partial charge is 0.325 e. The Labute approximate surface area is 178 Å². The van der Waals surface area contributed by atoms with Crippen LogP contribution in [0.2, 0.25) is 5.02 Å². The van der Waals surface area contributed by atoms with Crippen molar-refractivity contribution in [3.05, 3.63) is 52.5 Å². The predicted molar refractivity (Wildman–Crippen MR) is 110 cm³/mol. The molecule has 1 heterocycles. The Morgan fingerprint density at radius 1 is 1.00 bits per heavy atom. The van der Waals surface area contributed by atoms with Crippen molar-refractivity contribution in [1.29, 1.82) is 0 Å². The number of hydrogen-bond acceptors (Lipinski definition) is 6. The number of halogens is 1. The van der Waals surface area contributed by atoms with Gasteiger partial charge in [0.25, 0.3) is 0 Å². The number of esters is 1. The highest BCUT2D eigenvalue weighted by Crippen LogP contribution is 2.38. The fourth-order valence-electron chi connectivity index (χ4n) is 2.85. The molecule has 0 aromatic heterocycles. The Balaban J connectivity index is 1.53. The van der Waals surface area contributed by atoms with Crippen LogP contribution >= 0.6 is 11.6 Å². The molecule has 0 bridgehead atoms. The van der Waals surface area contributed by atoms with Gasteiger partial charge in [-0.1, -0.05) is 23.7 Å². The molecule has 2 aromatic carbocycles. The van der Waals surface area contributed by atoms with Crippen LogP contribution in [0.25, 0.3) is 0 Å². The summed E-state index contributed by atoms with van der Waals surface area (Å²) in [5, 5.41) is 5.68. The highest BCUT2D eigenvalue weighted by atomic mass is 35.5. The number of nitrogens with one attached hydrogen (secondary N) is 2. The molecule has 8 nitrogen and oxygen atoms in total. The van der Waals surface area contributed by atoms with Gasteiger partial charge in [0.2, 0.25) is 11.8 Å². The fourth-order valence-corrected chi connectivity index (χ4v) is 3.14. The average Bonchev–Trinajstić information content (AvgIpc) is 2.73. The first kappa shape index (κ1) is 21.4. The van der Waals surface area contributed by atoms with Crippen molar-refractivity contribution >= 4 is 35.1 Å². The van der Waals surface area contributed by atoms with Crippen LogP contribution in [0, 0.1) is 0 Å². The summed E-state index contributed by atoms with van der Waals surface area (Å²) in [6.45, 7) is 0.703. The van der Waals surface area contributed by atoms with Crippen LogP contribution < -0.4 is 20.1 Å². The summed E-state index contributed by atoms with van der Waals surface area (Å²) in [5.41, 5.74) is 2.05. The van der Waals surface area contributed by atoms with E-state index < -0.39 is 5.97 Å². The van der Waals surface area contributed by atoms with E-state index in [-0.39, 0.29) is 31.2 Å². The normalized spacial score (nSPS) is 12.1. The Morgan fingerprint density at radius 3 is 2.43 bits per heavy atom. The minimum Gasteiger partial charge on any atom is -0.486 e. The number of hydrogen-bond donors (Lipinski definition) is 2. The molecule has 158 valence electrons. The van der Waals surface area contributed by atoms with Crippen molar-refractivity contribution in [3.63, 3.8) is 0 Å². The quantitative estimate of drug-likeness (QED) is 0.650. The zero-order valence-corrected chi connectivity index (χ0v) is 17.1. The molecule has 2 amide bonds. The van der Waals surface area contributed by atoms with Crippen LogP contribution in [0.4, 0.5) is 5.69 Å². The fraction of sp³-hybridized carbons (Fsp3) is 0.286. The number of amides is 2. The van der Waals surface area contributed by atoms with E-state index >= 15 is 0 Å². The average molecular weight is 433 g/mol. The Bertz CT molecular complexity index is 945. The zero-order chi connectivity index (χ0) is 21.5. The molecule has 0 spiro atoms. The third-order valence-electron chi connectivity index (χ3n) is 4.28. The van der Waals surface area contributed by atoms with Gasteiger partial charge in [0.1, 0.15) is 19.8 Å². The molecule has 0 atom stereocenters. The number of ether oxygens (including phenoxy) is 3. The van der Waals surface area contributed by atoms with E-state index in [9.17, 15) is 14.4 Å². The van der Waals surface area contributed by atoms with Crippen molar-refractivity contribution < 1.29 is 28.6 Å². The SMILES string of the molecule is COC(=O)CNC(=O)Cc1ccc(NC(=O)Cc2cc(Cl)c3c(c2)OCCO3)cc1. The second kappa shape index (κ2) is 9.98. The third kappa shape index (κ3) is 5.87. The lowest BCUT2D eigenvalue weighted by atomic mass is 10.1. The van der Waals surface area contributed by atoms with Crippen LogP contribution in [-0.2, 0) is 32.0 Å². The molecule has 2 aromatic rings. The Morgan fingerprint density at radius 2 is 1.70 bits per heavy atom. The number of methoxy groups -OCH3 is 1. The molecule has 0 unspecified atom stereocenters. The minimum atomic E-state index is -0.513. The highest BCUT2D eigenvalue weighted by Gasteiger charge is 2.17. The maximum absolute atomic E-state index is 12.4. The summed E-state index contributed by atoms with van der Waals surface area (Å²) >= 11 is 6.20. The standard InChI is InChI=1S/C21H21ClN2O6/c1-28-20(27)12-23-18(25)10-13-2-4-15(5-3-13)24-19(26)11-14-8-16(22)21-17(9-14)29-6-7-30-21/h2-5,8-9H,6-7,10-12H2,1H3,(H,23,25)(H,24,26). The predicted octanol–water partition coefficient (Wildman–Crippen LogP) is 2.12. The van der Waals surface area contributed by atoms with Crippen molar-refractivity contribution in [2.45, 2.75) is 12.8 Å². The topological polar surface area (TPSA) is 103 Å². The summed E-state index contributed by atoms with van der Waals surface area (Å²) < 4.78 is 15.5. The maximum Gasteiger partial charge on any atom is 0.325 e. The van der Waals surface area contributed by atoms with Crippen LogP contribution in [0.1, 0.15) is 11.1 Å². The van der Waals surface area contributed by atoms with Crippen LogP contribution in [0.15, 0.2) is 36.4 Å². The number of benzene rings is 2. The van der Waals surface area contributed by atoms with E-state index in [1.54, 1.807) is 36.4 Å². The molecule has 30 heavy (non-hydrogen) atoms. The van der Waals surface area contributed by atoms with Gasteiger partial charge in [-0.2, -0.15) is 0 Å². The second-order valence-electron chi connectivity index (χ2n) is 6.55. The van der Waals surface area contributed by atoms with Crippen molar-refractivity contribution in [2.75, 3.05) is 32.2 Å². The molecular weight excluding hydrogens is 412 g/mol. The zero-order valence-electron chi connectivity index (χ0n) is 16.3. The van der Waals surface area contributed by atoms with Gasteiger partial charge in [-0.15, -0.1) is 0 Å². The first-order valence-electron chi connectivity index (χ1n) is 9.25. The van der Waals surface area contributed by atoms with Gasteiger partial charge in [-0.05, 0) is 35.4 Å². The first-order valence-corrected chi connectivity index (χ1v) is 9.62. The minimum absolute atomic E-state index is 0.112. The highest BCUT2D eigenvalue weighted by molar-refractivity contribution is 6.32. The van der Waals surface area contributed by atoms with E-state index in [4.69, 9.17) is 21.1 Å². The number of carbonyl (C=O) groups is 3. The summed E-state index contributed by atoms with van der Waals surface area (Å²) in [4.78, 5) is 35.2. The van der Waals surface area contributed by atoms with E-state index in [1.807, 2.05) is 0 Å². The van der Waals surface area contributed by atoms with Crippen LogP contribution in [0.5, 0.6) is 11.5 Å². The molecular formula is C21H21ClN2O6. The van der Waals surface area contributed by atoms with Crippen molar-refractivity contribution in [1.82, 2.24) is 5.32 Å². The third-order valence-corrected chi connectivity index (χ3v) is 4.56. The molecule has 0 saturated heterocycles. The molecule has 1 aliphatic rings. The molecule has 0 saturated carbocycles. The summed E-state index contributed by atoms with van der Waals surface area (Å²) in [6.07, 6.45) is 0.231. The van der Waals surface area contributed by atoms with E-state index in [2.05, 4.69) is 15.4 Å². The lowest BCUT2D eigenvalue weighted by molar-refractivity contribution is -0.141. The number of anilines is 1. The lowest BCUT2D eigenvalue weighted by Gasteiger charge is -2.20. The number of fused-ring (bicyclic) bond motifs is 1. The number of carbonyl (C=O) groups excluding carboxylic acids is 3. The van der Waals surface area contributed by atoms with Gasteiger partial charge >= 0.3 is 5.97 Å². The van der Waals surface area contributed by atoms with Crippen LogP contribution in [-0.4, -0.2) is 44.7 Å². The molecule has 3 rings (SSSR count). The van der Waals surface area contributed by atoms with E-state index in [0.717, 1.165) is 5.56 Å². The molecule has 1 aliphatic heterocycles. The summed E-state index contributed by atoms with van der Waals surface area (Å²) in [7, 11) is 1.25. The maximum atomic E-state index is 12.4. The lowest BCUT2D eigenvalue weighted by Crippen LogP contribution is -2.31. The van der Waals surface area contributed by atoms with Gasteiger partial charge in [-0.25, -0.2) is 0 Å². The van der Waals surface area contributed by atoms with E-state index in [0.29, 0.717) is 41.0 Å². The molecule has 0 radical (unpaired) electrons. The Hall–Kier alpha value is -3.26. The molecule has 9 heteroatoms. The van der Waals surface area contributed by atoms with Crippen molar-refractivity contribution in [2.24, 2.45) is 0 Å². The van der Waals surface area contributed by atoms with Crippen LogP contribution in [0.3, 0.4) is 0 Å².